The van der Waals surface area contributed by atoms with Gasteiger partial charge in [0.2, 0.25) is 0 Å². The maximum atomic E-state index is 11.6. The number of carbonyl (C=O) groups is 1. The topological polar surface area (TPSA) is 64.1 Å². The number of hydrogen-bond acceptors (Lipinski definition) is 4. The molecule has 2 rings (SSSR count). The van der Waals surface area contributed by atoms with Gasteiger partial charge in [-0.05, 0) is 25.1 Å². The van der Waals surface area contributed by atoms with Gasteiger partial charge in [-0.1, -0.05) is 0 Å². The Morgan fingerprint density at radius 2 is 2.06 bits per heavy atom. The number of nitrogens with one attached hydrogen (secondary N) is 1. The first-order chi connectivity index (χ1) is 8.15. The Labute approximate surface area is 98.8 Å². The summed E-state index contributed by atoms with van der Waals surface area (Å²) < 4.78 is 5.22. The lowest BCUT2D eigenvalue weighted by Crippen LogP contribution is -2.17. The molecule has 0 atom stereocenters. The molecule has 0 saturated heterocycles. The van der Waals surface area contributed by atoms with E-state index in [1.54, 1.807) is 26.3 Å². The first-order valence-electron chi connectivity index (χ1n) is 5.20. The number of methoxy groups -OCH3 is 1. The van der Waals surface area contributed by atoms with Crippen LogP contribution in [0.5, 0.6) is 5.75 Å². The summed E-state index contributed by atoms with van der Waals surface area (Å²) in [6.07, 6.45) is 0. The van der Waals surface area contributed by atoms with Crippen LogP contribution in [0.1, 0.15) is 16.1 Å². The zero-order chi connectivity index (χ0) is 12.4. The number of amides is 1. The van der Waals surface area contributed by atoms with E-state index in [1.165, 1.54) is 0 Å². The van der Waals surface area contributed by atoms with Gasteiger partial charge in [-0.3, -0.25) is 4.79 Å². The van der Waals surface area contributed by atoms with Gasteiger partial charge in [0, 0.05) is 18.0 Å². The summed E-state index contributed by atoms with van der Waals surface area (Å²) in [5, 5.41) is 11.5. The lowest BCUT2D eigenvalue weighted by Gasteiger charge is -2.07. The van der Waals surface area contributed by atoms with Crippen molar-refractivity contribution in [2.24, 2.45) is 0 Å². The van der Waals surface area contributed by atoms with Crippen LogP contribution < -0.4 is 10.1 Å². The zero-order valence-electron chi connectivity index (χ0n) is 9.94. The Kier molecular flexibility index (Phi) is 2.91. The fraction of sp³-hybridized carbons (Fsp3) is 0.250. The number of aryl methyl sites for hydroxylation is 1. The highest BCUT2D eigenvalue weighted by molar-refractivity contribution is 5.99. The first-order valence-corrected chi connectivity index (χ1v) is 5.20. The number of fused-ring (bicyclic) bond motifs is 1. The Hall–Kier alpha value is -2.17. The van der Waals surface area contributed by atoms with Crippen LogP contribution in [0.4, 0.5) is 0 Å². The summed E-state index contributed by atoms with van der Waals surface area (Å²) in [5.74, 6) is 0.397. The lowest BCUT2D eigenvalue weighted by atomic mass is 10.1. The predicted molar refractivity (Wildman–Crippen MR) is 64.2 cm³/mol. The molecule has 1 aromatic heterocycles. The van der Waals surface area contributed by atoms with Crippen LogP contribution in [0.15, 0.2) is 18.2 Å². The molecule has 1 heterocycles. The van der Waals surface area contributed by atoms with Crippen molar-refractivity contribution in [1.29, 1.82) is 0 Å². The fourth-order valence-electron chi connectivity index (χ4n) is 1.66. The maximum absolute atomic E-state index is 11.6. The van der Waals surface area contributed by atoms with Crippen LogP contribution in [0.2, 0.25) is 0 Å². The highest BCUT2D eigenvalue weighted by Crippen LogP contribution is 2.25. The van der Waals surface area contributed by atoms with E-state index >= 15 is 0 Å². The van der Waals surface area contributed by atoms with Crippen LogP contribution in [-0.4, -0.2) is 30.3 Å². The number of nitrogens with zero attached hydrogens (tertiary/aromatic N) is 2. The number of rotatable bonds is 2. The van der Waals surface area contributed by atoms with Crippen molar-refractivity contribution < 1.29 is 9.53 Å². The summed E-state index contributed by atoms with van der Waals surface area (Å²) in [6, 6.07) is 5.31. The summed E-state index contributed by atoms with van der Waals surface area (Å²) in [7, 11) is 3.14. The third kappa shape index (κ3) is 2.04. The van der Waals surface area contributed by atoms with Gasteiger partial charge in [0.1, 0.15) is 11.3 Å². The molecule has 1 amide bonds. The molecule has 0 aliphatic rings. The van der Waals surface area contributed by atoms with Crippen molar-refractivity contribution in [3.05, 3.63) is 29.5 Å². The quantitative estimate of drug-likeness (QED) is 0.846. The van der Waals surface area contributed by atoms with Gasteiger partial charge in [0.25, 0.3) is 5.91 Å². The van der Waals surface area contributed by atoms with E-state index in [9.17, 15) is 4.79 Å². The second kappa shape index (κ2) is 4.37. The van der Waals surface area contributed by atoms with Gasteiger partial charge in [0.15, 0.2) is 0 Å². The molecule has 2 aromatic rings. The minimum Gasteiger partial charge on any atom is -0.494 e. The number of benzene rings is 1. The average Bonchev–Trinajstić information content (AvgIpc) is 2.35. The van der Waals surface area contributed by atoms with Gasteiger partial charge in [-0.2, -0.15) is 5.10 Å². The van der Waals surface area contributed by atoms with Gasteiger partial charge in [-0.15, -0.1) is 5.10 Å². The van der Waals surface area contributed by atoms with Crippen LogP contribution in [0.3, 0.4) is 0 Å². The Morgan fingerprint density at radius 3 is 2.71 bits per heavy atom. The molecule has 88 valence electrons. The van der Waals surface area contributed by atoms with E-state index in [4.69, 9.17) is 4.74 Å². The standard InChI is InChI=1S/C12H13N3O2/c1-7-4-8-5-9(12(16)13-2)6-10(17-3)11(8)15-14-7/h4-6H,1-3H3,(H,13,16). The molecule has 1 aromatic carbocycles. The highest BCUT2D eigenvalue weighted by Gasteiger charge is 2.11. The Morgan fingerprint density at radius 1 is 1.29 bits per heavy atom. The van der Waals surface area contributed by atoms with E-state index in [2.05, 4.69) is 15.5 Å². The van der Waals surface area contributed by atoms with Crippen LogP contribution >= 0.6 is 0 Å². The Bertz CT molecular complexity index is 581. The molecule has 0 aliphatic heterocycles. The smallest absolute Gasteiger partial charge is 0.251 e. The minimum absolute atomic E-state index is 0.153. The predicted octanol–water partition coefficient (Wildman–Crippen LogP) is 1.31. The number of ether oxygens (including phenoxy) is 1. The molecule has 17 heavy (non-hydrogen) atoms. The lowest BCUT2D eigenvalue weighted by molar-refractivity contribution is 0.0963. The normalized spacial score (nSPS) is 10.3. The molecule has 0 bridgehead atoms. The second-order valence-electron chi connectivity index (χ2n) is 3.68. The fourth-order valence-corrected chi connectivity index (χ4v) is 1.66. The van der Waals surface area contributed by atoms with Crippen LogP contribution in [0.25, 0.3) is 10.9 Å². The molecule has 0 aliphatic carbocycles. The van der Waals surface area contributed by atoms with E-state index in [-0.39, 0.29) is 5.91 Å². The van der Waals surface area contributed by atoms with Crippen molar-refractivity contribution in [3.63, 3.8) is 0 Å². The molecule has 0 saturated carbocycles. The summed E-state index contributed by atoms with van der Waals surface area (Å²) in [6.45, 7) is 1.85. The van der Waals surface area contributed by atoms with Crippen molar-refractivity contribution in [3.8, 4) is 5.75 Å². The van der Waals surface area contributed by atoms with Gasteiger partial charge in [-0.25, -0.2) is 0 Å². The average molecular weight is 231 g/mol. The molecule has 5 heteroatoms. The molecule has 0 spiro atoms. The summed E-state index contributed by atoms with van der Waals surface area (Å²) >= 11 is 0. The van der Waals surface area contributed by atoms with E-state index in [0.717, 1.165) is 11.1 Å². The second-order valence-corrected chi connectivity index (χ2v) is 3.68. The molecule has 0 radical (unpaired) electrons. The van der Waals surface area contributed by atoms with E-state index in [0.29, 0.717) is 16.8 Å². The number of aromatic nitrogens is 2. The summed E-state index contributed by atoms with van der Waals surface area (Å²) in [4.78, 5) is 11.6. The largest absolute Gasteiger partial charge is 0.494 e. The van der Waals surface area contributed by atoms with Gasteiger partial charge < -0.3 is 10.1 Å². The third-order valence-electron chi connectivity index (χ3n) is 2.49. The van der Waals surface area contributed by atoms with Crippen molar-refractivity contribution in [2.45, 2.75) is 6.92 Å². The zero-order valence-corrected chi connectivity index (χ0v) is 9.94. The van der Waals surface area contributed by atoms with Crippen LogP contribution in [0, 0.1) is 6.92 Å². The van der Waals surface area contributed by atoms with Crippen LogP contribution in [-0.2, 0) is 0 Å². The first kappa shape index (κ1) is 11.3. The number of hydrogen-bond donors (Lipinski definition) is 1. The van der Waals surface area contributed by atoms with Gasteiger partial charge in [0.05, 0.1) is 12.8 Å². The van der Waals surface area contributed by atoms with Crippen molar-refractivity contribution in [2.75, 3.05) is 14.2 Å². The van der Waals surface area contributed by atoms with E-state index < -0.39 is 0 Å². The molecular weight excluding hydrogens is 218 g/mol. The van der Waals surface area contributed by atoms with Crippen molar-refractivity contribution >= 4 is 16.8 Å². The SMILES string of the molecule is CNC(=O)c1cc(OC)c2nnc(C)cc2c1. The molecule has 0 fully saturated rings. The minimum atomic E-state index is -0.153. The summed E-state index contributed by atoms with van der Waals surface area (Å²) in [5.41, 5.74) is 2.00. The number of carbonyl (C=O) groups excluding carboxylic acids is 1. The van der Waals surface area contributed by atoms with Gasteiger partial charge >= 0.3 is 0 Å². The maximum Gasteiger partial charge on any atom is 0.251 e. The van der Waals surface area contributed by atoms with Crippen molar-refractivity contribution in [1.82, 2.24) is 15.5 Å². The van der Waals surface area contributed by atoms with E-state index in [1.807, 2.05) is 13.0 Å². The Balaban J connectivity index is 2.71. The molecule has 1 N–H and O–H groups in total. The molecular formula is C12H13N3O2. The third-order valence-corrected chi connectivity index (χ3v) is 2.49. The monoisotopic (exact) mass is 231 g/mol. The highest BCUT2D eigenvalue weighted by atomic mass is 16.5. The molecule has 5 nitrogen and oxygen atoms in total. The molecule has 0 unspecified atom stereocenters.